The Labute approximate surface area is 117 Å². The maximum absolute atomic E-state index is 12.0. The number of carbonyl (C=O) groups excluding carboxylic acids is 1. The van der Waals surface area contributed by atoms with Gasteiger partial charge in [0.2, 0.25) is 0 Å². The number of hydrogen-bond donors (Lipinski definition) is 3. The van der Waals surface area contributed by atoms with Crippen molar-refractivity contribution in [1.29, 1.82) is 0 Å². The molecule has 4 N–H and O–H groups in total. The van der Waals surface area contributed by atoms with Gasteiger partial charge in [0.25, 0.3) is 5.91 Å². The zero-order chi connectivity index (χ0) is 13.8. The van der Waals surface area contributed by atoms with Crippen molar-refractivity contribution in [3.05, 3.63) is 16.1 Å². The highest BCUT2D eigenvalue weighted by Gasteiger charge is 2.27. The molecule has 1 aliphatic carbocycles. The van der Waals surface area contributed by atoms with Gasteiger partial charge in [-0.2, -0.15) is 0 Å². The Bertz CT molecular complexity index is 433. The fourth-order valence-corrected chi connectivity index (χ4v) is 3.30. The van der Waals surface area contributed by atoms with Gasteiger partial charge in [-0.1, -0.05) is 6.42 Å². The van der Waals surface area contributed by atoms with Gasteiger partial charge in [-0.3, -0.25) is 4.79 Å². The number of aliphatic hydroxyl groups excluding tert-OH is 1. The molecule has 106 valence electrons. The number of thiazole rings is 1. The lowest BCUT2D eigenvalue weighted by atomic mass is 9.97. The second kappa shape index (κ2) is 6.45. The maximum atomic E-state index is 12.0. The Kier molecular flexibility index (Phi) is 4.90. The summed E-state index contributed by atoms with van der Waals surface area (Å²) in [6.45, 7) is 2.69. The summed E-state index contributed by atoms with van der Waals surface area (Å²) in [6, 6.07) is -0.139. The molecule has 1 aromatic heterocycles. The fraction of sp³-hybridized carbons (Fsp3) is 0.692. The zero-order valence-corrected chi connectivity index (χ0v) is 11.9. The number of amides is 1. The molecular weight excluding hydrogens is 262 g/mol. The lowest BCUT2D eigenvalue weighted by Crippen LogP contribution is -2.31. The minimum atomic E-state index is -0.147. The number of aliphatic hydroxyl groups is 1. The first-order valence-corrected chi connectivity index (χ1v) is 7.59. The number of rotatable bonds is 5. The zero-order valence-electron chi connectivity index (χ0n) is 11.1. The lowest BCUT2D eigenvalue weighted by molar-refractivity contribution is 0.0933. The summed E-state index contributed by atoms with van der Waals surface area (Å²) >= 11 is 1.41. The standard InChI is InChI=1S/C13H21N3O2S/c1-8(14)13-16-11(7-19-13)12(18)15-5-9-3-2-4-10(9)6-17/h7-10,17H,2-6,14H2,1H3,(H,15,18). The van der Waals surface area contributed by atoms with E-state index in [1.807, 2.05) is 6.92 Å². The van der Waals surface area contributed by atoms with E-state index in [4.69, 9.17) is 5.73 Å². The van der Waals surface area contributed by atoms with Crippen molar-refractivity contribution < 1.29 is 9.90 Å². The van der Waals surface area contributed by atoms with Gasteiger partial charge in [-0.15, -0.1) is 11.3 Å². The van der Waals surface area contributed by atoms with Crippen LogP contribution in [0.3, 0.4) is 0 Å². The van der Waals surface area contributed by atoms with E-state index in [9.17, 15) is 9.90 Å². The summed E-state index contributed by atoms with van der Waals surface area (Å²) in [5, 5.41) is 14.7. The Hall–Kier alpha value is -0.980. The number of nitrogens with one attached hydrogen (secondary N) is 1. The Morgan fingerprint density at radius 2 is 2.37 bits per heavy atom. The van der Waals surface area contributed by atoms with Gasteiger partial charge in [0, 0.05) is 18.5 Å². The van der Waals surface area contributed by atoms with Gasteiger partial charge >= 0.3 is 0 Å². The Balaban J connectivity index is 1.86. The first-order chi connectivity index (χ1) is 9.11. The van der Waals surface area contributed by atoms with Crippen LogP contribution in [0.25, 0.3) is 0 Å². The number of nitrogens with zero attached hydrogens (tertiary/aromatic N) is 1. The van der Waals surface area contributed by atoms with Gasteiger partial charge < -0.3 is 16.2 Å². The predicted octanol–water partition coefficient (Wildman–Crippen LogP) is 1.30. The summed E-state index contributed by atoms with van der Waals surface area (Å²) in [7, 11) is 0. The first-order valence-electron chi connectivity index (χ1n) is 6.72. The van der Waals surface area contributed by atoms with Gasteiger partial charge in [0.15, 0.2) is 0 Å². The maximum Gasteiger partial charge on any atom is 0.270 e. The molecule has 3 unspecified atom stereocenters. The number of aromatic nitrogens is 1. The van der Waals surface area contributed by atoms with Crippen LogP contribution >= 0.6 is 11.3 Å². The van der Waals surface area contributed by atoms with Crippen LogP contribution in [0.15, 0.2) is 5.38 Å². The van der Waals surface area contributed by atoms with Crippen LogP contribution in [0.2, 0.25) is 0 Å². The molecule has 0 spiro atoms. The molecular formula is C13H21N3O2S. The second-order valence-corrected chi connectivity index (χ2v) is 6.09. The summed E-state index contributed by atoms with van der Waals surface area (Å²) in [4.78, 5) is 16.2. The lowest BCUT2D eigenvalue weighted by Gasteiger charge is -2.17. The molecule has 1 aromatic rings. The van der Waals surface area contributed by atoms with Crippen molar-refractivity contribution in [2.24, 2.45) is 17.6 Å². The van der Waals surface area contributed by atoms with Crippen molar-refractivity contribution >= 4 is 17.2 Å². The van der Waals surface area contributed by atoms with E-state index in [2.05, 4.69) is 10.3 Å². The van der Waals surface area contributed by atoms with E-state index >= 15 is 0 Å². The average molecular weight is 283 g/mol. The smallest absolute Gasteiger partial charge is 0.270 e. The van der Waals surface area contributed by atoms with Crippen LogP contribution in [0, 0.1) is 11.8 Å². The van der Waals surface area contributed by atoms with E-state index < -0.39 is 0 Å². The molecule has 3 atom stereocenters. The van der Waals surface area contributed by atoms with Gasteiger partial charge in [-0.25, -0.2) is 4.98 Å². The van der Waals surface area contributed by atoms with Crippen LogP contribution in [0.4, 0.5) is 0 Å². The fourth-order valence-electron chi connectivity index (χ4n) is 2.54. The van der Waals surface area contributed by atoms with E-state index in [0.717, 1.165) is 24.3 Å². The monoisotopic (exact) mass is 283 g/mol. The summed E-state index contributed by atoms with van der Waals surface area (Å²) in [5.41, 5.74) is 6.17. The molecule has 5 nitrogen and oxygen atoms in total. The summed E-state index contributed by atoms with van der Waals surface area (Å²) < 4.78 is 0. The molecule has 6 heteroatoms. The third kappa shape index (κ3) is 3.52. The van der Waals surface area contributed by atoms with Gasteiger partial charge in [-0.05, 0) is 31.6 Å². The largest absolute Gasteiger partial charge is 0.396 e. The molecule has 1 fully saturated rings. The van der Waals surface area contributed by atoms with Gasteiger partial charge in [0.05, 0.1) is 6.04 Å². The molecule has 1 saturated carbocycles. The third-order valence-electron chi connectivity index (χ3n) is 3.72. The minimum Gasteiger partial charge on any atom is -0.396 e. The summed E-state index contributed by atoms with van der Waals surface area (Å²) in [6.07, 6.45) is 3.27. The predicted molar refractivity (Wildman–Crippen MR) is 75.0 cm³/mol. The van der Waals surface area contributed by atoms with Crippen LogP contribution in [0.5, 0.6) is 0 Å². The molecule has 1 aliphatic rings. The minimum absolute atomic E-state index is 0.139. The van der Waals surface area contributed by atoms with Crippen molar-refractivity contribution in [3.63, 3.8) is 0 Å². The van der Waals surface area contributed by atoms with Crippen molar-refractivity contribution in [1.82, 2.24) is 10.3 Å². The van der Waals surface area contributed by atoms with E-state index in [-0.39, 0.29) is 18.6 Å². The molecule has 2 rings (SSSR count). The quantitative estimate of drug-likeness (QED) is 0.760. The second-order valence-electron chi connectivity index (χ2n) is 5.20. The SMILES string of the molecule is CC(N)c1nc(C(=O)NCC2CCCC2CO)cs1. The highest BCUT2D eigenvalue weighted by atomic mass is 32.1. The first kappa shape index (κ1) is 14.4. The molecule has 0 bridgehead atoms. The van der Waals surface area contributed by atoms with E-state index in [1.165, 1.54) is 11.3 Å². The summed E-state index contributed by atoms with van der Waals surface area (Å²) in [5.74, 6) is 0.572. The Morgan fingerprint density at radius 3 is 3.00 bits per heavy atom. The molecule has 0 saturated heterocycles. The molecule has 0 aliphatic heterocycles. The van der Waals surface area contributed by atoms with Crippen LogP contribution in [-0.4, -0.2) is 29.1 Å². The Morgan fingerprint density at radius 1 is 1.63 bits per heavy atom. The number of nitrogens with two attached hydrogens (primary N) is 1. The van der Waals surface area contributed by atoms with Crippen molar-refractivity contribution in [2.75, 3.05) is 13.2 Å². The van der Waals surface area contributed by atoms with Crippen LogP contribution in [0.1, 0.15) is 47.7 Å². The number of carbonyl (C=O) groups is 1. The average Bonchev–Trinajstić information content (AvgIpc) is 3.04. The van der Waals surface area contributed by atoms with Crippen LogP contribution in [-0.2, 0) is 0 Å². The topological polar surface area (TPSA) is 88.2 Å². The molecule has 19 heavy (non-hydrogen) atoms. The van der Waals surface area contributed by atoms with Crippen molar-refractivity contribution in [3.8, 4) is 0 Å². The number of hydrogen-bond acceptors (Lipinski definition) is 5. The van der Waals surface area contributed by atoms with Crippen LogP contribution < -0.4 is 11.1 Å². The highest BCUT2D eigenvalue weighted by molar-refractivity contribution is 7.09. The molecule has 1 amide bonds. The van der Waals surface area contributed by atoms with E-state index in [0.29, 0.717) is 24.1 Å². The van der Waals surface area contributed by atoms with Gasteiger partial charge in [0.1, 0.15) is 10.7 Å². The molecule has 1 heterocycles. The molecule has 0 aromatic carbocycles. The molecule has 0 radical (unpaired) electrons. The third-order valence-corrected chi connectivity index (χ3v) is 4.77. The highest BCUT2D eigenvalue weighted by Crippen LogP contribution is 2.30. The van der Waals surface area contributed by atoms with E-state index in [1.54, 1.807) is 5.38 Å². The normalized spacial score (nSPS) is 24.4. The van der Waals surface area contributed by atoms with Crippen molar-refractivity contribution in [2.45, 2.75) is 32.2 Å².